The minimum Gasteiger partial charge on any atom is -0.476 e. The van der Waals surface area contributed by atoms with Crippen LogP contribution >= 0.6 is 22.9 Å². The third kappa shape index (κ3) is 1.20. The number of carbonyl (C=O) groups is 1. The molecule has 2 aromatic rings. The fraction of sp³-hybridized carbons (Fsp3) is 0.250. The molecule has 0 aliphatic carbocycles. The van der Waals surface area contributed by atoms with Gasteiger partial charge in [0.2, 0.25) is 0 Å². The summed E-state index contributed by atoms with van der Waals surface area (Å²) in [4.78, 5) is 15.3. The van der Waals surface area contributed by atoms with E-state index in [0.717, 1.165) is 12.1 Å². The van der Waals surface area contributed by atoms with Crippen molar-refractivity contribution >= 4 is 33.9 Å². The van der Waals surface area contributed by atoms with E-state index in [1.807, 2.05) is 12.3 Å². The summed E-state index contributed by atoms with van der Waals surface area (Å²) in [7, 11) is 0. The minimum atomic E-state index is -1.09. The number of aryl methyl sites for hydroxylation is 1. The molecule has 0 saturated heterocycles. The van der Waals surface area contributed by atoms with Crippen molar-refractivity contribution in [3.63, 3.8) is 0 Å². The van der Waals surface area contributed by atoms with Gasteiger partial charge >= 0.3 is 5.97 Å². The van der Waals surface area contributed by atoms with E-state index >= 15 is 0 Å². The molecule has 6 heteroatoms. The van der Waals surface area contributed by atoms with Crippen molar-refractivity contribution in [2.24, 2.45) is 0 Å². The maximum Gasteiger partial charge on any atom is 0.357 e. The highest BCUT2D eigenvalue weighted by atomic mass is 35.5. The molecule has 14 heavy (non-hydrogen) atoms. The number of carboxylic acid groups (broad SMARTS) is 1. The number of fused-ring (bicyclic) bond motifs is 1. The lowest BCUT2D eigenvalue weighted by Crippen LogP contribution is -1.98. The highest BCUT2D eigenvalue weighted by Crippen LogP contribution is 2.25. The van der Waals surface area contributed by atoms with Gasteiger partial charge in [-0.15, -0.1) is 11.3 Å². The van der Waals surface area contributed by atoms with Gasteiger partial charge in [-0.3, -0.25) is 4.40 Å². The van der Waals surface area contributed by atoms with Gasteiger partial charge in [0.25, 0.3) is 0 Å². The molecule has 2 heterocycles. The van der Waals surface area contributed by atoms with Crippen molar-refractivity contribution < 1.29 is 9.90 Å². The van der Waals surface area contributed by atoms with Crippen LogP contribution in [0.15, 0.2) is 5.38 Å². The van der Waals surface area contributed by atoms with Crippen LogP contribution in [0.1, 0.15) is 23.1 Å². The van der Waals surface area contributed by atoms with Crippen LogP contribution in [0.5, 0.6) is 0 Å². The van der Waals surface area contributed by atoms with Gasteiger partial charge in [0.05, 0.1) is 0 Å². The molecule has 0 radical (unpaired) electrons. The van der Waals surface area contributed by atoms with Crippen LogP contribution in [0, 0.1) is 0 Å². The molecule has 2 aromatic heterocycles. The lowest BCUT2D eigenvalue weighted by Gasteiger charge is -1.94. The Kier molecular flexibility index (Phi) is 2.20. The Balaban J connectivity index is 2.75. The predicted molar refractivity (Wildman–Crippen MR) is 54.4 cm³/mol. The minimum absolute atomic E-state index is 0.0757. The number of imidazole rings is 1. The van der Waals surface area contributed by atoms with E-state index in [2.05, 4.69) is 4.98 Å². The van der Waals surface area contributed by atoms with Crippen molar-refractivity contribution in [2.75, 3.05) is 0 Å². The van der Waals surface area contributed by atoms with Crippen molar-refractivity contribution in [1.29, 1.82) is 0 Å². The molecule has 0 amide bonds. The SMILES string of the molecule is CCc1csc2nc(C(=O)O)c(Cl)n12. The van der Waals surface area contributed by atoms with Crippen LogP contribution in [-0.4, -0.2) is 20.5 Å². The van der Waals surface area contributed by atoms with Crippen molar-refractivity contribution in [1.82, 2.24) is 9.38 Å². The molecule has 0 spiro atoms. The standard InChI is InChI=1S/C8H7ClN2O2S/c1-2-4-3-14-8-10-5(7(12)13)6(9)11(4)8/h3H,2H2,1H3,(H,12,13). The Morgan fingerprint density at radius 3 is 3.07 bits per heavy atom. The maximum absolute atomic E-state index is 10.7. The molecule has 0 fully saturated rings. The number of aromatic nitrogens is 2. The fourth-order valence-electron chi connectivity index (χ4n) is 1.26. The summed E-state index contributed by atoms with van der Waals surface area (Å²) < 4.78 is 1.68. The largest absolute Gasteiger partial charge is 0.476 e. The van der Waals surface area contributed by atoms with Gasteiger partial charge < -0.3 is 5.11 Å². The Morgan fingerprint density at radius 1 is 1.79 bits per heavy atom. The zero-order chi connectivity index (χ0) is 10.3. The summed E-state index contributed by atoms with van der Waals surface area (Å²) >= 11 is 7.30. The van der Waals surface area contributed by atoms with Gasteiger partial charge in [-0.05, 0) is 6.42 Å². The molecule has 0 atom stereocenters. The van der Waals surface area contributed by atoms with Crippen LogP contribution in [0.3, 0.4) is 0 Å². The summed E-state index contributed by atoms with van der Waals surface area (Å²) in [5.74, 6) is -1.09. The van der Waals surface area contributed by atoms with Gasteiger partial charge in [-0.2, -0.15) is 0 Å². The summed E-state index contributed by atoms with van der Waals surface area (Å²) in [5.41, 5.74) is 0.906. The third-order valence-electron chi connectivity index (χ3n) is 1.94. The highest BCUT2D eigenvalue weighted by molar-refractivity contribution is 7.15. The number of carboxylic acids is 1. The highest BCUT2D eigenvalue weighted by Gasteiger charge is 2.18. The van der Waals surface area contributed by atoms with Crippen molar-refractivity contribution in [2.45, 2.75) is 13.3 Å². The average Bonchev–Trinajstić information content (AvgIpc) is 2.66. The van der Waals surface area contributed by atoms with Gasteiger partial charge in [0.1, 0.15) is 5.15 Å². The van der Waals surface area contributed by atoms with Gasteiger partial charge in [-0.25, -0.2) is 9.78 Å². The molecule has 4 nitrogen and oxygen atoms in total. The van der Waals surface area contributed by atoms with Crippen LogP contribution in [0.4, 0.5) is 0 Å². The second-order valence-electron chi connectivity index (χ2n) is 2.75. The summed E-state index contributed by atoms with van der Waals surface area (Å²) in [6.45, 7) is 1.98. The average molecular weight is 231 g/mol. The molecule has 0 aliphatic rings. The number of halogens is 1. The fourth-order valence-corrected chi connectivity index (χ4v) is 2.59. The first kappa shape index (κ1) is 9.48. The summed E-state index contributed by atoms with van der Waals surface area (Å²) in [6.07, 6.45) is 0.801. The zero-order valence-electron chi connectivity index (χ0n) is 7.32. The lowest BCUT2D eigenvalue weighted by atomic mass is 10.4. The van der Waals surface area contributed by atoms with Crippen LogP contribution in [-0.2, 0) is 6.42 Å². The third-order valence-corrected chi connectivity index (χ3v) is 3.17. The van der Waals surface area contributed by atoms with Crippen LogP contribution < -0.4 is 0 Å². The van der Waals surface area contributed by atoms with Crippen LogP contribution in [0.25, 0.3) is 4.96 Å². The molecule has 74 valence electrons. The predicted octanol–water partition coefficient (Wildman–Crippen LogP) is 2.31. The zero-order valence-corrected chi connectivity index (χ0v) is 8.89. The van der Waals surface area contributed by atoms with E-state index in [9.17, 15) is 4.79 Å². The second kappa shape index (κ2) is 3.25. The van der Waals surface area contributed by atoms with E-state index in [0.29, 0.717) is 4.96 Å². The number of thiazole rings is 1. The van der Waals surface area contributed by atoms with Gasteiger partial charge in [0.15, 0.2) is 10.7 Å². The molecule has 2 rings (SSSR count). The molecule has 0 bridgehead atoms. The first-order chi connectivity index (χ1) is 6.65. The quantitative estimate of drug-likeness (QED) is 0.862. The number of rotatable bonds is 2. The maximum atomic E-state index is 10.7. The molecular formula is C8H7ClN2O2S. The molecule has 1 N–H and O–H groups in total. The Labute approximate surface area is 88.8 Å². The van der Waals surface area contributed by atoms with Gasteiger partial charge in [-0.1, -0.05) is 18.5 Å². The van der Waals surface area contributed by atoms with E-state index in [1.165, 1.54) is 11.3 Å². The van der Waals surface area contributed by atoms with Gasteiger partial charge in [0, 0.05) is 11.1 Å². The second-order valence-corrected chi connectivity index (χ2v) is 3.95. The van der Waals surface area contributed by atoms with Crippen molar-refractivity contribution in [3.8, 4) is 0 Å². The Hall–Kier alpha value is -1.07. The van der Waals surface area contributed by atoms with E-state index < -0.39 is 5.97 Å². The first-order valence-electron chi connectivity index (χ1n) is 4.02. The molecule has 0 aromatic carbocycles. The molecule has 0 aliphatic heterocycles. The van der Waals surface area contributed by atoms with Crippen molar-refractivity contribution in [3.05, 3.63) is 21.9 Å². The number of aromatic carboxylic acids is 1. The van der Waals surface area contributed by atoms with E-state index in [-0.39, 0.29) is 10.8 Å². The lowest BCUT2D eigenvalue weighted by molar-refractivity contribution is 0.0691. The van der Waals surface area contributed by atoms with E-state index in [4.69, 9.17) is 16.7 Å². The Bertz CT molecular complexity index is 503. The first-order valence-corrected chi connectivity index (χ1v) is 5.28. The molecule has 0 saturated carbocycles. The Morgan fingerprint density at radius 2 is 2.50 bits per heavy atom. The number of hydrogen-bond donors (Lipinski definition) is 1. The number of hydrogen-bond acceptors (Lipinski definition) is 3. The normalized spacial score (nSPS) is 11.0. The summed E-state index contributed by atoms with van der Waals surface area (Å²) in [6, 6.07) is 0. The monoisotopic (exact) mass is 230 g/mol. The smallest absolute Gasteiger partial charge is 0.357 e. The molecular weight excluding hydrogens is 224 g/mol. The topological polar surface area (TPSA) is 54.6 Å². The molecule has 0 unspecified atom stereocenters. The van der Waals surface area contributed by atoms with Crippen LogP contribution in [0.2, 0.25) is 5.15 Å². The van der Waals surface area contributed by atoms with E-state index in [1.54, 1.807) is 4.40 Å². The summed E-state index contributed by atoms with van der Waals surface area (Å²) in [5, 5.41) is 10.9. The number of nitrogens with zero attached hydrogens (tertiary/aromatic N) is 2.